The van der Waals surface area contributed by atoms with Gasteiger partial charge in [-0.15, -0.1) is 0 Å². The summed E-state index contributed by atoms with van der Waals surface area (Å²) in [4.78, 5) is 12.0. The van der Waals surface area contributed by atoms with Gasteiger partial charge >= 0.3 is 6.09 Å². The molecule has 0 radical (unpaired) electrons. The summed E-state index contributed by atoms with van der Waals surface area (Å²) in [5.74, 6) is 0. The number of aliphatic hydroxyl groups is 1. The van der Waals surface area contributed by atoms with Crippen LogP contribution in [0.25, 0.3) is 0 Å². The Labute approximate surface area is 144 Å². The third-order valence-electron chi connectivity index (χ3n) is 3.50. The Morgan fingerprint density at radius 3 is 2.48 bits per heavy atom. The molecule has 2 aromatic carbocycles. The number of ether oxygens (including phenoxy) is 1. The lowest BCUT2D eigenvalue weighted by molar-refractivity contribution is 0.111. The molecule has 0 saturated carbocycles. The molecule has 0 spiro atoms. The first kappa shape index (κ1) is 17.5. The number of hydrogen-bond donors (Lipinski definition) is 2. The molecule has 1 atom stereocenters. The number of carbonyl (C=O) groups excluding carboxylic acids is 1. The van der Waals surface area contributed by atoms with Crippen molar-refractivity contribution in [3.05, 3.63) is 70.2 Å². The number of benzene rings is 2. The highest BCUT2D eigenvalue weighted by Gasteiger charge is 2.27. The van der Waals surface area contributed by atoms with E-state index in [-0.39, 0.29) is 13.2 Å². The highest BCUT2D eigenvalue weighted by Crippen LogP contribution is 2.21. The summed E-state index contributed by atoms with van der Waals surface area (Å²) in [6.45, 7) is 1.80. The van der Waals surface area contributed by atoms with Crippen molar-refractivity contribution in [2.75, 3.05) is 6.61 Å². The molecule has 0 saturated heterocycles. The molecule has 2 rings (SSSR count). The number of carbonyl (C=O) groups is 1. The van der Waals surface area contributed by atoms with Gasteiger partial charge in [0.25, 0.3) is 0 Å². The average molecular weight is 378 g/mol. The van der Waals surface area contributed by atoms with Crippen molar-refractivity contribution in [2.24, 2.45) is 0 Å². The lowest BCUT2D eigenvalue weighted by Gasteiger charge is -2.28. The first-order valence-electron chi connectivity index (χ1n) is 7.35. The Hall–Kier alpha value is -1.85. The number of amides is 1. The molecule has 4 nitrogen and oxygen atoms in total. The van der Waals surface area contributed by atoms with Crippen LogP contribution in [-0.4, -0.2) is 23.3 Å². The Balaban J connectivity index is 1.94. The summed E-state index contributed by atoms with van der Waals surface area (Å²) in [6, 6.07) is 17.2. The molecule has 23 heavy (non-hydrogen) atoms. The van der Waals surface area contributed by atoms with Gasteiger partial charge in [-0.25, -0.2) is 4.79 Å². The normalized spacial score (nSPS) is 13.2. The van der Waals surface area contributed by atoms with Crippen LogP contribution in [0.15, 0.2) is 59.1 Å². The second kappa shape index (κ2) is 8.13. The fraction of sp³-hybridized carbons (Fsp3) is 0.278. The summed E-state index contributed by atoms with van der Waals surface area (Å²) in [5, 5.41) is 12.4. The standard InChI is InChI=1S/C18H20BrNO3/c1-18(13-21,11-15-9-5-6-10-16(15)19)20-17(22)23-12-14-7-3-2-4-8-14/h2-10,21H,11-13H2,1H3,(H,20,22). The van der Waals surface area contributed by atoms with Gasteiger partial charge in [0.2, 0.25) is 0 Å². The van der Waals surface area contributed by atoms with Gasteiger partial charge < -0.3 is 15.2 Å². The number of halogens is 1. The van der Waals surface area contributed by atoms with E-state index in [4.69, 9.17) is 4.74 Å². The van der Waals surface area contributed by atoms with Crippen LogP contribution in [0.4, 0.5) is 4.79 Å². The lowest BCUT2D eigenvalue weighted by Crippen LogP contribution is -2.50. The summed E-state index contributed by atoms with van der Waals surface area (Å²) >= 11 is 3.48. The second-order valence-electron chi connectivity index (χ2n) is 5.67. The molecule has 1 unspecified atom stereocenters. The highest BCUT2D eigenvalue weighted by molar-refractivity contribution is 9.10. The molecular formula is C18H20BrNO3. The molecular weight excluding hydrogens is 358 g/mol. The monoisotopic (exact) mass is 377 g/mol. The van der Waals surface area contributed by atoms with E-state index in [1.165, 1.54) is 0 Å². The molecule has 0 bridgehead atoms. The van der Waals surface area contributed by atoms with Crippen LogP contribution in [-0.2, 0) is 17.8 Å². The van der Waals surface area contributed by atoms with Gasteiger partial charge in [-0.2, -0.15) is 0 Å². The summed E-state index contributed by atoms with van der Waals surface area (Å²) < 4.78 is 6.16. The van der Waals surface area contributed by atoms with Crippen molar-refractivity contribution in [1.82, 2.24) is 5.32 Å². The summed E-state index contributed by atoms with van der Waals surface area (Å²) in [7, 11) is 0. The fourth-order valence-electron chi connectivity index (χ4n) is 2.21. The maximum Gasteiger partial charge on any atom is 0.407 e. The van der Waals surface area contributed by atoms with E-state index in [1.807, 2.05) is 54.6 Å². The van der Waals surface area contributed by atoms with Crippen LogP contribution in [0.3, 0.4) is 0 Å². The Kier molecular flexibility index (Phi) is 6.19. The first-order valence-corrected chi connectivity index (χ1v) is 8.15. The van der Waals surface area contributed by atoms with Crippen LogP contribution in [0.2, 0.25) is 0 Å². The third-order valence-corrected chi connectivity index (χ3v) is 4.28. The van der Waals surface area contributed by atoms with Crippen molar-refractivity contribution in [3.63, 3.8) is 0 Å². The van der Waals surface area contributed by atoms with E-state index in [0.29, 0.717) is 6.42 Å². The average Bonchev–Trinajstić information content (AvgIpc) is 2.56. The maximum absolute atomic E-state index is 12.0. The number of rotatable bonds is 6. The zero-order valence-electron chi connectivity index (χ0n) is 13.0. The van der Waals surface area contributed by atoms with Gasteiger partial charge in [0, 0.05) is 4.47 Å². The maximum atomic E-state index is 12.0. The predicted octanol–water partition coefficient (Wildman–Crippen LogP) is 3.67. The minimum absolute atomic E-state index is 0.186. The van der Waals surface area contributed by atoms with Crippen molar-refractivity contribution in [2.45, 2.75) is 25.5 Å². The molecule has 2 aromatic rings. The number of alkyl carbamates (subject to hydrolysis) is 1. The van der Waals surface area contributed by atoms with Crippen molar-refractivity contribution < 1.29 is 14.6 Å². The molecule has 0 aliphatic rings. The molecule has 1 amide bonds. The van der Waals surface area contributed by atoms with Crippen LogP contribution in [0.5, 0.6) is 0 Å². The summed E-state index contributed by atoms with van der Waals surface area (Å²) in [6.07, 6.45) is -0.0526. The molecule has 0 aliphatic carbocycles. The van der Waals surface area contributed by atoms with Crippen LogP contribution in [0.1, 0.15) is 18.1 Å². The fourth-order valence-corrected chi connectivity index (χ4v) is 2.63. The van der Waals surface area contributed by atoms with Gasteiger partial charge in [0.15, 0.2) is 0 Å². The summed E-state index contributed by atoms with van der Waals surface area (Å²) in [5.41, 5.74) is 1.13. The van der Waals surface area contributed by atoms with Gasteiger partial charge in [0.1, 0.15) is 6.61 Å². The zero-order chi connectivity index (χ0) is 16.7. The smallest absolute Gasteiger partial charge is 0.407 e. The number of hydrogen-bond acceptors (Lipinski definition) is 3. The Morgan fingerprint density at radius 1 is 1.17 bits per heavy atom. The molecule has 5 heteroatoms. The molecule has 0 fully saturated rings. The molecule has 2 N–H and O–H groups in total. The number of nitrogens with one attached hydrogen (secondary N) is 1. The predicted molar refractivity (Wildman–Crippen MR) is 93.1 cm³/mol. The van der Waals surface area contributed by atoms with E-state index in [9.17, 15) is 9.90 Å². The van der Waals surface area contributed by atoms with Gasteiger partial charge in [-0.3, -0.25) is 0 Å². The number of aliphatic hydroxyl groups excluding tert-OH is 1. The largest absolute Gasteiger partial charge is 0.445 e. The molecule has 122 valence electrons. The van der Waals surface area contributed by atoms with E-state index in [2.05, 4.69) is 21.2 Å². The van der Waals surface area contributed by atoms with Gasteiger partial charge in [0.05, 0.1) is 12.1 Å². The van der Waals surface area contributed by atoms with Crippen molar-refractivity contribution in [1.29, 1.82) is 0 Å². The Bertz CT molecular complexity index is 648. The van der Waals surface area contributed by atoms with Crippen LogP contribution < -0.4 is 5.32 Å². The highest BCUT2D eigenvalue weighted by atomic mass is 79.9. The van der Waals surface area contributed by atoms with Gasteiger partial charge in [-0.1, -0.05) is 64.5 Å². The molecule has 0 aromatic heterocycles. The van der Waals surface area contributed by atoms with E-state index in [0.717, 1.165) is 15.6 Å². The van der Waals surface area contributed by atoms with E-state index < -0.39 is 11.6 Å². The minimum Gasteiger partial charge on any atom is -0.445 e. The second-order valence-corrected chi connectivity index (χ2v) is 6.53. The first-order chi connectivity index (χ1) is 11.0. The van der Waals surface area contributed by atoms with Crippen molar-refractivity contribution >= 4 is 22.0 Å². The van der Waals surface area contributed by atoms with Gasteiger partial charge in [-0.05, 0) is 30.5 Å². The third kappa shape index (κ3) is 5.37. The van der Waals surface area contributed by atoms with Crippen LogP contribution in [0, 0.1) is 0 Å². The Morgan fingerprint density at radius 2 is 1.83 bits per heavy atom. The quantitative estimate of drug-likeness (QED) is 0.807. The van der Waals surface area contributed by atoms with E-state index in [1.54, 1.807) is 6.92 Å². The molecule has 0 heterocycles. The van der Waals surface area contributed by atoms with Crippen LogP contribution >= 0.6 is 15.9 Å². The zero-order valence-corrected chi connectivity index (χ0v) is 14.5. The molecule has 0 aliphatic heterocycles. The lowest BCUT2D eigenvalue weighted by atomic mass is 9.94. The SMILES string of the molecule is CC(CO)(Cc1ccccc1Br)NC(=O)OCc1ccccc1. The topological polar surface area (TPSA) is 58.6 Å². The minimum atomic E-state index is -0.794. The van der Waals surface area contributed by atoms with Crippen molar-refractivity contribution in [3.8, 4) is 0 Å². The van der Waals surface area contributed by atoms with E-state index >= 15 is 0 Å².